The molecule has 0 saturated heterocycles. The summed E-state index contributed by atoms with van der Waals surface area (Å²) in [5.74, 6) is 0.370. The van der Waals surface area contributed by atoms with E-state index in [4.69, 9.17) is 5.73 Å². The Morgan fingerprint density at radius 3 is 2.88 bits per heavy atom. The van der Waals surface area contributed by atoms with Gasteiger partial charge in [0.25, 0.3) is 5.56 Å². The van der Waals surface area contributed by atoms with Gasteiger partial charge in [0, 0.05) is 0 Å². The highest BCUT2D eigenvalue weighted by Gasteiger charge is 2.15. The summed E-state index contributed by atoms with van der Waals surface area (Å²) in [7, 11) is 0. The number of benzene rings is 1. The molecular formula is C14H13N5O2S3. The Bertz CT molecular complexity index is 939. The lowest BCUT2D eigenvalue weighted by atomic mass is 10.2. The monoisotopic (exact) mass is 379 g/mol. The van der Waals surface area contributed by atoms with Gasteiger partial charge >= 0.3 is 0 Å². The molecule has 124 valence electrons. The molecule has 24 heavy (non-hydrogen) atoms. The van der Waals surface area contributed by atoms with Crippen LogP contribution in [0, 0.1) is 0 Å². The van der Waals surface area contributed by atoms with Crippen LogP contribution in [0.25, 0.3) is 10.9 Å². The lowest BCUT2D eigenvalue weighted by Crippen LogP contribution is -2.12. The molecule has 3 N–H and O–H groups in total. The molecule has 0 aliphatic rings. The van der Waals surface area contributed by atoms with Gasteiger partial charge in [-0.25, -0.2) is 4.98 Å². The third-order valence-corrected chi connectivity index (χ3v) is 6.29. The Hall–Kier alpha value is -1.91. The average Bonchev–Trinajstić information content (AvgIpc) is 3.00. The highest BCUT2D eigenvalue weighted by atomic mass is 32.2. The van der Waals surface area contributed by atoms with Gasteiger partial charge < -0.3 is 10.7 Å². The molecule has 0 bridgehead atoms. The van der Waals surface area contributed by atoms with Crippen molar-refractivity contribution < 1.29 is 4.79 Å². The molecule has 0 fully saturated rings. The van der Waals surface area contributed by atoms with Crippen molar-refractivity contribution in [3.63, 3.8) is 0 Å². The SMILES string of the molecule is C[C@@H](Sc1nnc(SCC(N)=O)s1)c1nc2ccccc2c(=O)[nH]1. The average molecular weight is 379 g/mol. The summed E-state index contributed by atoms with van der Waals surface area (Å²) in [4.78, 5) is 30.3. The zero-order valence-electron chi connectivity index (χ0n) is 12.6. The molecule has 7 nitrogen and oxygen atoms in total. The predicted octanol–water partition coefficient (Wildman–Crippen LogP) is 2.21. The van der Waals surface area contributed by atoms with Gasteiger partial charge in [0.05, 0.1) is 21.9 Å². The largest absolute Gasteiger partial charge is 0.369 e. The summed E-state index contributed by atoms with van der Waals surface area (Å²) in [6.45, 7) is 1.94. The smallest absolute Gasteiger partial charge is 0.258 e. The van der Waals surface area contributed by atoms with Crippen LogP contribution in [0.2, 0.25) is 0 Å². The number of H-pyrrole nitrogens is 1. The van der Waals surface area contributed by atoms with Crippen LogP contribution in [0.15, 0.2) is 37.7 Å². The molecule has 0 aliphatic heterocycles. The fourth-order valence-corrected chi connectivity index (χ4v) is 4.90. The second-order valence-electron chi connectivity index (χ2n) is 4.82. The zero-order valence-corrected chi connectivity index (χ0v) is 15.0. The summed E-state index contributed by atoms with van der Waals surface area (Å²) in [6, 6.07) is 7.22. The first-order valence-corrected chi connectivity index (χ1v) is 9.61. The summed E-state index contributed by atoms with van der Waals surface area (Å²) in [6.07, 6.45) is 0. The third kappa shape index (κ3) is 3.94. The van der Waals surface area contributed by atoms with Crippen LogP contribution < -0.4 is 11.3 Å². The molecule has 0 spiro atoms. The van der Waals surface area contributed by atoms with E-state index >= 15 is 0 Å². The number of primary amides is 1. The Labute approximate surface area is 149 Å². The molecule has 0 aliphatic carbocycles. The highest BCUT2D eigenvalue weighted by Crippen LogP contribution is 2.36. The molecule has 0 unspecified atom stereocenters. The van der Waals surface area contributed by atoms with E-state index in [1.165, 1.54) is 34.9 Å². The van der Waals surface area contributed by atoms with Gasteiger partial charge in [-0.2, -0.15) is 0 Å². The van der Waals surface area contributed by atoms with Gasteiger partial charge in [-0.05, 0) is 19.1 Å². The normalized spacial score (nSPS) is 12.4. The van der Waals surface area contributed by atoms with Crippen LogP contribution in [-0.2, 0) is 4.79 Å². The number of amides is 1. The number of carbonyl (C=O) groups excluding carboxylic acids is 1. The van der Waals surface area contributed by atoms with Gasteiger partial charge in [-0.15, -0.1) is 10.2 Å². The van der Waals surface area contributed by atoms with Crippen LogP contribution in [-0.4, -0.2) is 31.8 Å². The fourth-order valence-electron chi connectivity index (χ4n) is 1.94. The standard InChI is InChI=1S/C14H13N5O2S3/c1-7(23-14-19-18-13(24-14)22-6-10(15)20)11-16-9-5-3-2-4-8(9)12(21)17-11/h2-5,7H,6H2,1H3,(H2,15,20)(H,16,17,21)/t7-/m1/s1. The minimum absolute atomic E-state index is 0.0933. The fraction of sp³-hybridized carbons (Fsp3) is 0.214. The Kier molecular flexibility index (Phi) is 5.17. The van der Waals surface area contributed by atoms with Crippen molar-refractivity contribution in [1.29, 1.82) is 0 Å². The van der Waals surface area contributed by atoms with Crippen LogP contribution in [0.1, 0.15) is 18.0 Å². The molecule has 2 heterocycles. The van der Waals surface area contributed by atoms with E-state index in [0.29, 0.717) is 21.1 Å². The molecule has 1 amide bonds. The maximum absolute atomic E-state index is 12.1. The molecule has 0 radical (unpaired) electrons. The van der Waals surface area contributed by atoms with Gasteiger partial charge in [0.15, 0.2) is 8.68 Å². The minimum Gasteiger partial charge on any atom is -0.369 e. The van der Waals surface area contributed by atoms with E-state index in [0.717, 1.165) is 4.34 Å². The van der Waals surface area contributed by atoms with Crippen LogP contribution in [0.5, 0.6) is 0 Å². The predicted molar refractivity (Wildman–Crippen MR) is 96.5 cm³/mol. The van der Waals surface area contributed by atoms with Crippen molar-refractivity contribution in [1.82, 2.24) is 20.2 Å². The Balaban J connectivity index is 1.76. The molecular weight excluding hydrogens is 366 g/mol. The number of nitrogens with two attached hydrogens (primary N) is 1. The molecule has 1 aromatic carbocycles. The first-order chi connectivity index (χ1) is 11.5. The van der Waals surface area contributed by atoms with E-state index in [2.05, 4.69) is 20.2 Å². The van der Waals surface area contributed by atoms with Crippen LogP contribution >= 0.6 is 34.9 Å². The number of hydrogen-bond donors (Lipinski definition) is 2. The molecule has 3 rings (SSSR count). The summed E-state index contributed by atoms with van der Waals surface area (Å²) in [5.41, 5.74) is 5.62. The number of aromatic nitrogens is 4. The van der Waals surface area contributed by atoms with Crippen molar-refractivity contribution in [2.24, 2.45) is 5.73 Å². The number of carbonyl (C=O) groups is 1. The Morgan fingerprint density at radius 1 is 1.33 bits per heavy atom. The minimum atomic E-state index is -0.393. The first-order valence-electron chi connectivity index (χ1n) is 6.93. The number of fused-ring (bicyclic) bond motifs is 1. The maximum Gasteiger partial charge on any atom is 0.258 e. The van der Waals surface area contributed by atoms with E-state index in [1.54, 1.807) is 6.07 Å². The summed E-state index contributed by atoms with van der Waals surface area (Å²) < 4.78 is 1.42. The Morgan fingerprint density at radius 2 is 2.08 bits per heavy atom. The molecule has 1 atom stereocenters. The van der Waals surface area contributed by atoms with E-state index < -0.39 is 5.91 Å². The molecule has 2 aromatic heterocycles. The quantitative estimate of drug-likeness (QED) is 0.631. The van der Waals surface area contributed by atoms with Crippen LogP contribution in [0.3, 0.4) is 0 Å². The maximum atomic E-state index is 12.1. The third-order valence-electron chi connectivity index (χ3n) is 3.02. The highest BCUT2D eigenvalue weighted by molar-refractivity contribution is 8.03. The number of nitrogens with zero attached hydrogens (tertiary/aromatic N) is 3. The number of para-hydroxylation sites is 1. The van der Waals surface area contributed by atoms with Crippen LogP contribution in [0.4, 0.5) is 0 Å². The number of nitrogens with one attached hydrogen (secondary N) is 1. The van der Waals surface area contributed by atoms with Gasteiger partial charge in [-0.3, -0.25) is 9.59 Å². The van der Waals surface area contributed by atoms with Gasteiger partial charge in [0.2, 0.25) is 5.91 Å². The zero-order chi connectivity index (χ0) is 17.1. The van der Waals surface area contributed by atoms with E-state index in [9.17, 15) is 9.59 Å². The lowest BCUT2D eigenvalue weighted by Gasteiger charge is -2.08. The van der Waals surface area contributed by atoms with E-state index in [1.807, 2.05) is 25.1 Å². The number of aromatic amines is 1. The second kappa shape index (κ2) is 7.32. The number of thioether (sulfide) groups is 2. The summed E-state index contributed by atoms with van der Waals surface area (Å²) in [5, 5.41) is 8.57. The van der Waals surface area contributed by atoms with Gasteiger partial charge in [-0.1, -0.05) is 47.0 Å². The van der Waals surface area contributed by atoms with Crippen molar-refractivity contribution in [3.05, 3.63) is 40.4 Å². The van der Waals surface area contributed by atoms with E-state index in [-0.39, 0.29) is 16.6 Å². The second-order valence-corrected chi connectivity index (χ2v) is 8.61. The van der Waals surface area contributed by atoms with Crippen molar-refractivity contribution in [2.75, 3.05) is 5.75 Å². The number of hydrogen-bond acceptors (Lipinski definition) is 8. The topological polar surface area (TPSA) is 115 Å². The summed E-state index contributed by atoms with van der Waals surface area (Å²) >= 11 is 4.09. The first kappa shape index (κ1) is 16.9. The van der Waals surface area contributed by atoms with Crippen molar-refractivity contribution in [3.8, 4) is 0 Å². The van der Waals surface area contributed by atoms with Gasteiger partial charge in [0.1, 0.15) is 5.82 Å². The molecule has 0 saturated carbocycles. The lowest BCUT2D eigenvalue weighted by molar-refractivity contribution is -0.115. The number of rotatable bonds is 6. The van der Waals surface area contributed by atoms with Crippen molar-refractivity contribution >= 4 is 51.7 Å². The molecule has 10 heteroatoms. The van der Waals surface area contributed by atoms with Crippen molar-refractivity contribution in [2.45, 2.75) is 20.9 Å². The molecule has 3 aromatic rings.